The van der Waals surface area contributed by atoms with E-state index in [0.717, 1.165) is 21.9 Å². The highest BCUT2D eigenvalue weighted by Crippen LogP contribution is 2.38. The number of fused-ring (bicyclic) bond motifs is 4. The average Bonchev–Trinajstić information content (AvgIpc) is 2.69. The second kappa shape index (κ2) is 5.84. The van der Waals surface area contributed by atoms with Gasteiger partial charge in [0.2, 0.25) is 0 Å². The standard InChI is InChI=1S/C22H16FNO3/c1-13-20-14(11-24(12-26-20)19-9-5-4-8-18(19)23)10-17-15-6-2-3-7-16(15)22(25)27-21(13)17/h2-10H,11-12H2,1H3. The number of ether oxygens (including phenoxy) is 1. The summed E-state index contributed by atoms with van der Waals surface area (Å²) in [6.45, 7) is 2.64. The van der Waals surface area contributed by atoms with Crippen LogP contribution in [0.25, 0.3) is 21.7 Å². The summed E-state index contributed by atoms with van der Waals surface area (Å²) < 4.78 is 25.7. The Bertz CT molecular complexity index is 1260. The van der Waals surface area contributed by atoms with Gasteiger partial charge in [-0.3, -0.25) is 0 Å². The molecule has 1 aliphatic rings. The van der Waals surface area contributed by atoms with Gasteiger partial charge in [-0.2, -0.15) is 0 Å². The van der Waals surface area contributed by atoms with E-state index in [0.29, 0.717) is 29.0 Å². The maximum absolute atomic E-state index is 14.2. The molecule has 1 aliphatic heterocycles. The van der Waals surface area contributed by atoms with E-state index >= 15 is 0 Å². The molecule has 2 heterocycles. The highest BCUT2D eigenvalue weighted by atomic mass is 19.1. The van der Waals surface area contributed by atoms with Crippen LogP contribution in [-0.4, -0.2) is 6.73 Å². The van der Waals surface area contributed by atoms with Crippen LogP contribution in [0.5, 0.6) is 5.75 Å². The molecule has 3 aromatic carbocycles. The fraction of sp³-hybridized carbons (Fsp3) is 0.136. The van der Waals surface area contributed by atoms with E-state index in [1.54, 1.807) is 18.2 Å². The summed E-state index contributed by atoms with van der Waals surface area (Å²) >= 11 is 0. The molecule has 0 bridgehead atoms. The molecule has 5 rings (SSSR count). The molecule has 0 saturated carbocycles. The van der Waals surface area contributed by atoms with Crippen LogP contribution in [0.1, 0.15) is 11.1 Å². The van der Waals surface area contributed by atoms with E-state index < -0.39 is 0 Å². The number of hydrogen-bond acceptors (Lipinski definition) is 4. The third kappa shape index (κ3) is 2.39. The van der Waals surface area contributed by atoms with E-state index in [-0.39, 0.29) is 18.2 Å². The first-order chi connectivity index (χ1) is 13.1. The van der Waals surface area contributed by atoms with E-state index in [9.17, 15) is 9.18 Å². The van der Waals surface area contributed by atoms with Gasteiger partial charge in [0.25, 0.3) is 0 Å². The van der Waals surface area contributed by atoms with Crippen molar-refractivity contribution in [3.8, 4) is 5.75 Å². The Morgan fingerprint density at radius 2 is 1.74 bits per heavy atom. The molecule has 4 nitrogen and oxygen atoms in total. The second-order valence-electron chi connectivity index (χ2n) is 6.72. The molecule has 0 unspecified atom stereocenters. The van der Waals surface area contributed by atoms with Crippen molar-refractivity contribution in [3.05, 3.63) is 82.0 Å². The Hall–Kier alpha value is -3.34. The van der Waals surface area contributed by atoms with Gasteiger partial charge in [0.1, 0.15) is 17.1 Å². The quantitative estimate of drug-likeness (QED) is 0.362. The van der Waals surface area contributed by atoms with Crippen LogP contribution in [0.2, 0.25) is 0 Å². The van der Waals surface area contributed by atoms with Gasteiger partial charge in [0.15, 0.2) is 6.73 Å². The Balaban J connectivity index is 1.72. The zero-order chi connectivity index (χ0) is 18.5. The van der Waals surface area contributed by atoms with Crippen LogP contribution in [0, 0.1) is 12.7 Å². The predicted octanol–water partition coefficient (Wildman–Crippen LogP) is 4.75. The van der Waals surface area contributed by atoms with Gasteiger partial charge in [-0.05, 0) is 36.6 Å². The minimum atomic E-state index is -0.357. The Kier molecular flexibility index (Phi) is 3.44. The zero-order valence-corrected chi connectivity index (χ0v) is 14.7. The number of aryl methyl sites for hydroxylation is 1. The van der Waals surface area contributed by atoms with Gasteiger partial charge in [-0.15, -0.1) is 0 Å². The number of halogens is 1. The molecule has 0 saturated heterocycles. The van der Waals surface area contributed by atoms with E-state index in [1.807, 2.05) is 42.2 Å². The number of benzene rings is 3. The molecule has 134 valence electrons. The van der Waals surface area contributed by atoms with Crippen molar-refractivity contribution in [1.29, 1.82) is 0 Å². The molecule has 0 aliphatic carbocycles. The summed E-state index contributed by atoms with van der Waals surface area (Å²) in [6.07, 6.45) is 0. The molecule has 0 N–H and O–H groups in total. The molecule has 0 fully saturated rings. The lowest BCUT2D eigenvalue weighted by molar-refractivity contribution is 0.286. The van der Waals surface area contributed by atoms with Gasteiger partial charge in [0.05, 0.1) is 11.1 Å². The SMILES string of the molecule is Cc1c2c(cc3c1oc(=O)c1ccccc13)CN(c1ccccc1F)CO2. The van der Waals surface area contributed by atoms with E-state index in [1.165, 1.54) is 6.07 Å². The van der Waals surface area contributed by atoms with Crippen LogP contribution < -0.4 is 15.3 Å². The van der Waals surface area contributed by atoms with Gasteiger partial charge >= 0.3 is 5.63 Å². The predicted molar refractivity (Wildman–Crippen MR) is 103 cm³/mol. The topological polar surface area (TPSA) is 42.7 Å². The van der Waals surface area contributed by atoms with Crippen LogP contribution >= 0.6 is 0 Å². The van der Waals surface area contributed by atoms with Crippen molar-refractivity contribution in [3.63, 3.8) is 0 Å². The first kappa shape index (κ1) is 15.9. The third-order valence-corrected chi connectivity index (χ3v) is 5.09. The molecule has 0 radical (unpaired) electrons. The largest absolute Gasteiger partial charge is 0.472 e. The van der Waals surface area contributed by atoms with Gasteiger partial charge < -0.3 is 14.1 Å². The number of rotatable bonds is 1. The molecule has 0 atom stereocenters. The molecule has 27 heavy (non-hydrogen) atoms. The van der Waals surface area contributed by atoms with E-state index in [2.05, 4.69) is 0 Å². The summed E-state index contributed by atoms with van der Waals surface area (Å²) in [7, 11) is 0. The fourth-order valence-electron chi connectivity index (χ4n) is 3.80. The Morgan fingerprint density at radius 3 is 2.56 bits per heavy atom. The summed E-state index contributed by atoms with van der Waals surface area (Å²) in [5.74, 6) is 0.423. The molecule has 5 heteroatoms. The third-order valence-electron chi connectivity index (χ3n) is 5.09. The minimum absolute atomic E-state index is 0.234. The normalized spacial score (nSPS) is 13.6. The second-order valence-corrected chi connectivity index (χ2v) is 6.72. The van der Waals surface area contributed by atoms with Gasteiger partial charge in [-0.1, -0.05) is 30.3 Å². The lowest BCUT2D eigenvalue weighted by atomic mass is 10.00. The Labute approximate surface area is 154 Å². The molecular formula is C22H16FNO3. The van der Waals surface area contributed by atoms with Crippen molar-refractivity contribution in [2.24, 2.45) is 0 Å². The first-order valence-electron chi connectivity index (χ1n) is 8.74. The summed E-state index contributed by atoms with van der Waals surface area (Å²) in [4.78, 5) is 14.2. The average molecular weight is 361 g/mol. The number of hydrogen-bond donors (Lipinski definition) is 0. The highest BCUT2D eigenvalue weighted by Gasteiger charge is 2.24. The molecular weight excluding hydrogens is 345 g/mol. The summed E-state index contributed by atoms with van der Waals surface area (Å²) in [5, 5.41) is 2.25. The Morgan fingerprint density at radius 1 is 1.00 bits per heavy atom. The zero-order valence-electron chi connectivity index (χ0n) is 14.7. The minimum Gasteiger partial charge on any atom is -0.472 e. The monoisotopic (exact) mass is 361 g/mol. The molecule has 1 aromatic heterocycles. The summed E-state index contributed by atoms with van der Waals surface area (Å²) in [6, 6.07) is 16.0. The van der Waals surface area contributed by atoms with Crippen molar-refractivity contribution in [1.82, 2.24) is 0 Å². The lowest BCUT2D eigenvalue weighted by Crippen LogP contribution is -2.32. The maximum atomic E-state index is 14.2. The first-order valence-corrected chi connectivity index (χ1v) is 8.74. The highest BCUT2D eigenvalue weighted by molar-refractivity contribution is 6.06. The smallest absolute Gasteiger partial charge is 0.344 e. The van der Waals surface area contributed by atoms with E-state index in [4.69, 9.17) is 9.15 Å². The van der Waals surface area contributed by atoms with Crippen molar-refractivity contribution < 1.29 is 13.5 Å². The molecule has 0 amide bonds. The molecule has 0 spiro atoms. The maximum Gasteiger partial charge on any atom is 0.344 e. The van der Waals surface area contributed by atoms with Crippen molar-refractivity contribution in [2.75, 3.05) is 11.6 Å². The number of anilines is 1. The number of para-hydroxylation sites is 1. The lowest BCUT2D eigenvalue weighted by Gasteiger charge is -2.32. The van der Waals surface area contributed by atoms with Gasteiger partial charge in [0, 0.05) is 23.1 Å². The fourth-order valence-corrected chi connectivity index (χ4v) is 3.80. The van der Waals surface area contributed by atoms with Crippen LogP contribution in [0.3, 0.4) is 0 Å². The van der Waals surface area contributed by atoms with Crippen LogP contribution in [0.15, 0.2) is 63.8 Å². The molecule has 4 aromatic rings. The number of nitrogens with zero attached hydrogens (tertiary/aromatic N) is 1. The van der Waals surface area contributed by atoms with Crippen molar-refractivity contribution >= 4 is 27.4 Å². The van der Waals surface area contributed by atoms with Crippen LogP contribution in [-0.2, 0) is 6.54 Å². The van der Waals surface area contributed by atoms with Crippen molar-refractivity contribution in [2.45, 2.75) is 13.5 Å². The summed E-state index contributed by atoms with van der Waals surface area (Å²) in [5.41, 5.74) is 2.42. The van der Waals surface area contributed by atoms with Gasteiger partial charge in [-0.25, -0.2) is 9.18 Å². The van der Waals surface area contributed by atoms with Crippen LogP contribution in [0.4, 0.5) is 10.1 Å².